The average Bonchev–Trinajstić information content (AvgIpc) is 3.17. The SMILES string of the molecule is O=[N+]([O-])c1ncn(-c2nc(-c3cccs3)cc(C(F)(F)F)n2)n1. The Kier molecular flexibility index (Phi) is 3.52. The van der Waals surface area contributed by atoms with Crippen LogP contribution in [0.3, 0.4) is 0 Å². The zero-order valence-electron chi connectivity index (χ0n) is 10.9. The monoisotopic (exact) mass is 342 g/mol. The molecule has 8 nitrogen and oxygen atoms in total. The van der Waals surface area contributed by atoms with Crippen molar-refractivity contribution in [1.82, 2.24) is 24.7 Å². The summed E-state index contributed by atoms with van der Waals surface area (Å²) in [5, 5.41) is 15.7. The minimum atomic E-state index is -4.70. The van der Waals surface area contributed by atoms with Crippen LogP contribution in [0.4, 0.5) is 19.1 Å². The first-order chi connectivity index (χ1) is 10.8. The van der Waals surface area contributed by atoms with Crippen molar-refractivity contribution >= 4 is 17.3 Å². The van der Waals surface area contributed by atoms with Crippen LogP contribution in [0.25, 0.3) is 16.5 Å². The molecule has 3 aromatic heterocycles. The van der Waals surface area contributed by atoms with E-state index in [4.69, 9.17) is 0 Å². The van der Waals surface area contributed by atoms with Crippen LogP contribution in [0.15, 0.2) is 29.9 Å². The highest BCUT2D eigenvalue weighted by molar-refractivity contribution is 7.13. The molecule has 3 heterocycles. The summed E-state index contributed by atoms with van der Waals surface area (Å²) in [6.07, 6.45) is -3.82. The van der Waals surface area contributed by atoms with Gasteiger partial charge in [-0.15, -0.1) is 16.0 Å². The van der Waals surface area contributed by atoms with Gasteiger partial charge in [0.2, 0.25) is 6.33 Å². The number of aromatic nitrogens is 5. The Hall–Kier alpha value is -2.89. The van der Waals surface area contributed by atoms with Gasteiger partial charge in [-0.3, -0.25) is 0 Å². The van der Waals surface area contributed by atoms with Gasteiger partial charge in [-0.25, -0.2) is 9.97 Å². The van der Waals surface area contributed by atoms with Crippen molar-refractivity contribution in [3.8, 4) is 16.5 Å². The van der Waals surface area contributed by atoms with Crippen LogP contribution in [0.2, 0.25) is 0 Å². The van der Waals surface area contributed by atoms with Crippen molar-refractivity contribution in [3.05, 3.63) is 45.7 Å². The molecular formula is C11H5F3N6O2S. The first-order valence-corrected chi connectivity index (χ1v) is 6.79. The third kappa shape index (κ3) is 3.01. The van der Waals surface area contributed by atoms with Gasteiger partial charge >= 0.3 is 12.1 Å². The highest BCUT2D eigenvalue weighted by atomic mass is 32.1. The summed E-state index contributed by atoms with van der Waals surface area (Å²) in [5.41, 5.74) is -1.14. The van der Waals surface area contributed by atoms with Crippen LogP contribution in [-0.4, -0.2) is 29.7 Å². The predicted octanol–water partition coefficient (Wildman–Crippen LogP) is 2.71. The molecule has 12 heteroatoms. The lowest BCUT2D eigenvalue weighted by Gasteiger charge is -2.08. The smallest absolute Gasteiger partial charge is 0.390 e. The van der Waals surface area contributed by atoms with E-state index in [1.165, 1.54) is 11.3 Å². The van der Waals surface area contributed by atoms with Gasteiger partial charge in [0.25, 0.3) is 5.95 Å². The Labute approximate surface area is 129 Å². The van der Waals surface area contributed by atoms with E-state index < -0.39 is 28.7 Å². The molecular weight excluding hydrogens is 337 g/mol. The first kappa shape index (κ1) is 15.0. The van der Waals surface area contributed by atoms with E-state index in [1.807, 2.05) is 0 Å². The maximum Gasteiger partial charge on any atom is 0.491 e. The van der Waals surface area contributed by atoms with Crippen LogP contribution >= 0.6 is 11.3 Å². The summed E-state index contributed by atoms with van der Waals surface area (Å²) < 4.78 is 39.7. The molecule has 0 aliphatic heterocycles. The van der Waals surface area contributed by atoms with E-state index >= 15 is 0 Å². The molecule has 0 spiro atoms. The molecule has 0 bridgehead atoms. The highest BCUT2D eigenvalue weighted by Crippen LogP contribution is 2.32. The molecule has 0 atom stereocenters. The molecule has 3 rings (SSSR count). The molecule has 0 saturated carbocycles. The summed E-state index contributed by atoms with van der Waals surface area (Å²) in [6.45, 7) is 0. The van der Waals surface area contributed by atoms with Crippen molar-refractivity contribution < 1.29 is 18.1 Å². The van der Waals surface area contributed by atoms with E-state index in [2.05, 4.69) is 20.1 Å². The number of alkyl halides is 3. The lowest BCUT2D eigenvalue weighted by molar-refractivity contribution is -0.394. The third-order valence-electron chi connectivity index (χ3n) is 2.63. The van der Waals surface area contributed by atoms with Crippen LogP contribution in [0.5, 0.6) is 0 Å². The molecule has 0 aliphatic carbocycles. The number of hydrogen-bond acceptors (Lipinski definition) is 7. The second-order valence-corrected chi connectivity index (χ2v) is 5.11. The van der Waals surface area contributed by atoms with Gasteiger partial charge < -0.3 is 10.1 Å². The molecule has 0 saturated heterocycles. The standard InChI is InChI=1S/C11H5F3N6O2S/c12-11(13,14)8-4-6(7-2-1-3-23-7)16-10(17-8)19-5-15-9(18-19)20(21)22/h1-5H. The van der Waals surface area contributed by atoms with Crippen LogP contribution in [0, 0.1) is 10.1 Å². The molecule has 0 N–H and O–H groups in total. The lowest BCUT2D eigenvalue weighted by Crippen LogP contribution is -2.13. The van der Waals surface area contributed by atoms with Gasteiger partial charge in [0.15, 0.2) is 5.69 Å². The van der Waals surface area contributed by atoms with Gasteiger partial charge in [0.05, 0.1) is 10.6 Å². The van der Waals surface area contributed by atoms with Gasteiger partial charge in [-0.2, -0.15) is 13.2 Å². The van der Waals surface area contributed by atoms with E-state index in [0.29, 0.717) is 4.88 Å². The average molecular weight is 342 g/mol. The van der Waals surface area contributed by atoms with E-state index in [9.17, 15) is 23.3 Å². The molecule has 3 aromatic rings. The van der Waals surface area contributed by atoms with Gasteiger partial charge in [-0.05, 0) is 22.4 Å². The molecule has 0 aliphatic rings. The quantitative estimate of drug-likeness (QED) is 0.536. The second-order valence-electron chi connectivity index (χ2n) is 4.16. The van der Waals surface area contributed by atoms with Crippen LogP contribution in [0.1, 0.15) is 5.69 Å². The van der Waals surface area contributed by atoms with Crippen molar-refractivity contribution in [1.29, 1.82) is 0 Å². The number of nitro groups is 1. The number of rotatable bonds is 3. The predicted molar refractivity (Wildman–Crippen MR) is 71.9 cm³/mol. The summed E-state index contributed by atoms with van der Waals surface area (Å²) in [6, 6.07) is 4.07. The van der Waals surface area contributed by atoms with E-state index in [1.54, 1.807) is 17.5 Å². The first-order valence-electron chi connectivity index (χ1n) is 5.91. The molecule has 0 unspecified atom stereocenters. The summed E-state index contributed by atoms with van der Waals surface area (Å²) in [4.78, 5) is 20.9. The Bertz CT molecular complexity index is 861. The van der Waals surface area contributed by atoms with Crippen molar-refractivity contribution in [2.45, 2.75) is 6.18 Å². The lowest BCUT2D eigenvalue weighted by atomic mass is 10.3. The van der Waals surface area contributed by atoms with Crippen molar-refractivity contribution in [3.63, 3.8) is 0 Å². The highest BCUT2D eigenvalue weighted by Gasteiger charge is 2.34. The molecule has 118 valence electrons. The normalized spacial score (nSPS) is 11.6. The summed E-state index contributed by atoms with van der Waals surface area (Å²) in [7, 11) is 0. The number of thiophene rings is 1. The van der Waals surface area contributed by atoms with Crippen molar-refractivity contribution in [2.24, 2.45) is 0 Å². The third-order valence-corrected chi connectivity index (χ3v) is 3.52. The van der Waals surface area contributed by atoms with Crippen LogP contribution in [-0.2, 0) is 6.18 Å². The Morgan fingerprint density at radius 1 is 1.30 bits per heavy atom. The summed E-state index contributed by atoms with van der Waals surface area (Å²) in [5.74, 6) is -1.22. The fourth-order valence-corrected chi connectivity index (χ4v) is 2.35. The Balaban J connectivity index is 2.15. The molecule has 23 heavy (non-hydrogen) atoms. The minimum absolute atomic E-state index is 0.0375. The maximum atomic E-state index is 13.0. The number of nitrogens with zero attached hydrogens (tertiary/aromatic N) is 6. The topological polar surface area (TPSA) is 99.6 Å². The zero-order chi connectivity index (χ0) is 16.6. The van der Waals surface area contributed by atoms with Gasteiger partial charge in [0, 0.05) is 5.10 Å². The van der Waals surface area contributed by atoms with Gasteiger partial charge in [0.1, 0.15) is 0 Å². The number of hydrogen-bond donors (Lipinski definition) is 0. The number of halogens is 3. The molecule has 0 amide bonds. The van der Waals surface area contributed by atoms with Crippen LogP contribution < -0.4 is 0 Å². The second kappa shape index (κ2) is 5.39. The fraction of sp³-hybridized carbons (Fsp3) is 0.0909. The summed E-state index contributed by atoms with van der Waals surface area (Å²) >= 11 is 1.20. The fourth-order valence-electron chi connectivity index (χ4n) is 1.67. The van der Waals surface area contributed by atoms with Gasteiger partial charge in [-0.1, -0.05) is 11.1 Å². The van der Waals surface area contributed by atoms with E-state index in [0.717, 1.165) is 17.1 Å². The molecule has 0 fully saturated rings. The van der Waals surface area contributed by atoms with Crippen molar-refractivity contribution in [2.75, 3.05) is 0 Å². The minimum Gasteiger partial charge on any atom is -0.390 e. The maximum absolute atomic E-state index is 13.0. The van der Waals surface area contributed by atoms with E-state index in [-0.39, 0.29) is 5.69 Å². The Morgan fingerprint density at radius 2 is 2.09 bits per heavy atom. The largest absolute Gasteiger partial charge is 0.491 e. The zero-order valence-corrected chi connectivity index (χ0v) is 11.7. The molecule has 0 radical (unpaired) electrons. The Morgan fingerprint density at radius 3 is 2.65 bits per heavy atom. The molecule has 0 aromatic carbocycles.